The minimum Gasteiger partial charge on any atom is -0.369 e. The van der Waals surface area contributed by atoms with E-state index in [1.165, 1.54) is 0 Å². The van der Waals surface area contributed by atoms with E-state index in [4.69, 9.17) is 0 Å². The van der Waals surface area contributed by atoms with E-state index in [0.29, 0.717) is 18.6 Å². The second-order valence-corrected chi connectivity index (χ2v) is 5.82. The summed E-state index contributed by atoms with van der Waals surface area (Å²) in [6.45, 7) is 0. The van der Waals surface area contributed by atoms with E-state index in [1.807, 2.05) is 18.2 Å². The van der Waals surface area contributed by atoms with Gasteiger partial charge in [0.05, 0.1) is 0 Å². The molecule has 0 saturated carbocycles. The van der Waals surface area contributed by atoms with E-state index < -0.39 is 29.4 Å². The van der Waals surface area contributed by atoms with Gasteiger partial charge in [-0.15, -0.1) is 0 Å². The summed E-state index contributed by atoms with van der Waals surface area (Å²) in [5.41, 5.74) is -5.45. The number of carbonyl (C=O) groups is 1. The monoisotopic (exact) mass is 391 g/mol. The second kappa shape index (κ2) is 7.59. The molecule has 2 N–H and O–H groups in total. The number of halogens is 6. The summed E-state index contributed by atoms with van der Waals surface area (Å²) < 4.78 is 76.9. The average molecular weight is 391 g/mol. The Morgan fingerprint density at radius 2 is 1.37 bits per heavy atom. The van der Waals surface area contributed by atoms with Crippen LogP contribution < -0.4 is 5.32 Å². The number of anilines is 1. The highest BCUT2D eigenvalue weighted by molar-refractivity contribution is 5.90. The number of carbonyl (C=O) groups excluding carboxylic acids is 1. The molecule has 0 aliphatic rings. The van der Waals surface area contributed by atoms with Gasteiger partial charge >= 0.3 is 12.4 Å². The Hall–Kier alpha value is -2.55. The largest absolute Gasteiger partial charge is 0.430 e. The average Bonchev–Trinajstić information content (AvgIpc) is 2.59. The molecule has 2 rings (SSSR count). The lowest BCUT2D eigenvalue weighted by molar-refractivity contribution is -0.376. The number of rotatable bonds is 5. The molecule has 0 unspecified atom stereocenters. The number of aryl methyl sites for hydroxylation is 1. The highest BCUT2D eigenvalue weighted by atomic mass is 19.4. The molecule has 0 aliphatic heterocycles. The lowest BCUT2D eigenvalue weighted by Gasteiger charge is -2.32. The van der Waals surface area contributed by atoms with Gasteiger partial charge in [0.15, 0.2) is 0 Å². The maximum absolute atomic E-state index is 12.8. The molecule has 1 amide bonds. The van der Waals surface area contributed by atoms with Crippen LogP contribution in [0.25, 0.3) is 0 Å². The molecule has 9 heteroatoms. The van der Waals surface area contributed by atoms with Crippen LogP contribution in [0.1, 0.15) is 17.5 Å². The highest BCUT2D eigenvalue weighted by Crippen LogP contribution is 2.50. The zero-order valence-corrected chi connectivity index (χ0v) is 13.7. The van der Waals surface area contributed by atoms with Crippen molar-refractivity contribution in [3.05, 3.63) is 65.7 Å². The third kappa shape index (κ3) is 4.60. The van der Waals surface area contributed by atoms with Gasteiger partial charge in [0.2, 0.25) is 5.91 Å². The SMILES string of the molecule is O=C(CCc1ccccc1)Nc1ccc(C(O)(C(F)(F)F)C(F)(F)F)cc1. The summed E-state index contributed by atoms with van der Waals surface area (Å²) in [5.74, 6) is -0.450. The Morgan fingerprint density at radius 1 is 0.852 bits per heavy atom. The topological polar surface area (TPSA) is 49.3 Å². The van der Waals surface area contributed by atoms with E-state index in [1.54, 1.807) is 12.1 Å². The standard InChI is InChI=1S/C18H15F6NO2/c19-17(20,21)16(27,18(22,23)24)13-7-9-14(10-8-13)25-15(26)11-6-12-4-2-1-3-5-12/h1-5,7-10,27H,6,11H2,(H,25,26). The normalized spacial score (nSPS) is 12.7. The maximum Gasteiger partial charge on any atom is 0.430 e. The highest BCUT2D eigenvalue weighted by Gasteiger charge is 2.71. The van der Waals surface area contributed by atoms with Crippen molar-refractivity contribution in [1.82, 2.24) is 0 Å². The molecule has 0 spiro atoms. The van der Waals surface area contributed by atoms with Gasteiger partial charge in [-0.05, 0) is 24.1 Å². The fourth-order valence-corrected chi connectivity index (χ4v) is 2.41. The molecule has 0 fully saturated rings. The third-order valence-corrected chi connectivity index (χ3v) is 3.89. The van der Waals surface area contributed by atoms with Gasteiger partial charge in [0.1, 0.15) is 0 Å². The molecule has 27 heavy (non-hydrogen) atoms. The van der Waals surface area contributed by atoms with Crippen molar-refractivity contribution in [2.75, 3.05) is 5.32 Å². The van der Waals surface area contributed by atoms with Crippen LogP contribution in [0.5, 0.6) is 0 Å². The van der Waals surface area contributed by atoms with Gasteiger partial charge in [-0.25, -0.2) is 0 Å². The summed E-state index contributed by atoms with van der Waals surface area (Å²) in [5, 5.41) is 11.7. The first-order valence-corrected chi connectivity index (χ1v) is 7.75. The van der Waals surface area contributed by atoms with Gasteiger partial charge in [-0.2, -0.15) is 26.3 Å². The molecule has 0 aromatic heterocycles. The van der Waals surface area contributed by atoms with Gasteiger partial charge in [-0.1, -0.05) is 42.5 Å². The number of aliphatic hydroxyl groups is 1. The zero-order valence-electron chi connectivity index (χ0n) is 13.7. The summed E-state index contributed by atoms with van der Waals surface area (Å²) >= 11 is 0. The Kier molecular flexibility index (Phi) is 5.84. The minimum absolute atomic E-state index is 0.0171. The molecule has 0 saturated heterocycles. The Bertz CT molecular complexity index is 755. The summed E-state index contributed by atoms with van der Waals surface area (Å²) in [6, 6.07) is 11.8. The van der Waals surface area contributed by atoms with Gasteiger partial charge < -0.3 is 10.4 Å². The fraction of sp³-hybridized carbons (Fsp3) is 0.278. The summed E-state index contributed by atoms with van der Waals surface area (Å²) in [4.78, 5) is 11.9. The Labute approximate surface area is 150 Å². The third-order valence-electron chi connectivity index (χ3n) is 3.89. The van der Waals surface area contributed by atoms with Crippen molar-refractivity contribution in [1.29, 1.82) is 0 Å². The van der Waals surface area contributed by atoms with Crippen LogP contribution in [0.2, 0.25) is 0 Å². The summed E-state index contributed by atoms with van der Waals surface area (Å²) in [7, 11) is 0. The van der Waals surface area contributed by atoms with E-state index in [9.17, 15) is 36.2 Å². The van der Waals surface area contributed by atoms with Gasteiger partial charge in [0, 0.05) is 17.7 Å². The molecule has 3 nitrogen and oxygen atoms in total. The Morgan fingerprint density at radius 3 is 1.85 bits per heavy atom. The smallest absolute Gasteiger partial charge is 0.369 e. The van der Waals surface area contributed by atoms with Crippen molar-refractivity contribution in [2.24, 2.45) is 0 Å². The van der Waals surface area contributed by atoms with Crippen molar-refractivity contribution in [2.45, 2.75) is 30.8 Å². The molecular weight excluding hydrogens is 376 g/mol. The van der Waals surface area contributed by atoms with Crippen LogP contribution in [0.4, 0.5) is 32.0 Å². The van der Waals surface area contributed by atoms with E-state index in [-0.39, 0.29) is 12.1 Å². The molecular formula is C18H15F6NO2. The molecule has 0 atom stereocenters. The van der Waals surface area contributed by atoms with Crippen molar-refractivity contribution < 1.29 is 36.2 Å². The van der Waals surface area contributed by atoms with Crippen molar-refractivity contribution >= 4 is 11.6 Å². The number of hydrogen-bond donors (Lipinski definition) is 2. The van der Waals surface area contributed by atoms with Crippen LogP contribution in [-0.4, -0.2) is 23.4 Å². The molecule has 2 aromatic rings. The van der Waals surface area contributed by atoms with Gasteiger partial charge in [0.25, 0.3) is 5.60 Å². The first-order chi connectivity index (χ1) is 12.4. The first-order valence-electron chi connectivity index (χ1n) is 7.75. The van der Waals surface area contributed by atoms with Crippen LogP contribution in [0.3, 0.4) is 0 Å². The molecule has 146 valence electrons. The minimum atomic E-state index is -5.95. The molecule has 0 radical (unpaired) electrons. The van der Waals surface area contributed by atoms with Gasteiger partial charge in [-0.3, -0.25) is 4.79 Å². The summed E-state index contributed by atoms with van der Waals surface area (Å²) in [6.07, 6.45) is -11.4. The number of amides is 1. The maximum atomic E-state index is 12.8. The van der Waals surface area contributed by atoms with Crippen LogP contribution >= 0.6 is 0 Å². The lowest BCUT2D eigenvalue weighted by Crippen LogP contribution is -2.53. The predicted octanol–water partition coefficient (Wildman–Crippen LogP) is 4.57. The van der Waals surface area contributed by atoms with E-state index in [2.05, 4.69) is 5.32 Å². The van der Waals surface area contributed by atoms with E-state index >= 15 is 0 Å². The van der Waals surface area contributed by atoms with E-state index in [0.717, 1.165) is 17.7 Å². The molecule has 0 aliphatic carbocycles. The zero-order chi connectivity index (χ0) is 20.3. The second-order valence-electron chi connectivity index (χ2n) is 5.82. The Balaban J connectivity index is 2.09. The van der Waals surface area contributed by atoms with Crippen molar-refractivity contribution in [3.8, 4) is 0 Å². The van der Waals surface area contributed by atoms with Crippen LogP contribution in [-0.2, 0) is 16.8 Å². The predicted molar refractivity (Wildman–Crippen MR) is 85.8 cm³/mol. The first kappa shape index (κ1) is 20.8. The number of hydrogen-bond acceptors (Lipinski definition) is 2. The fourth-order valence-electron chi connectivity index (χ4n) is 2.41. The van der Waals surface area contributed by atoms with Crippen molar-refractivity contribution in [3.63, 3.8) is 0 Å². The molecule has 2 aromatic carbocycles. The number of alkyl halides is 6. The van der Waals surface area contributed by atoms with Crippen LogP contribution in [0, 0.1) is 0 Å². The van der Waals surface area contributed by atoms with Crippen LogP contribution in [0.15, 0.2) is 54.6 Å². The quantitative estimate of drug-likeness (QED) is 0.734. The number of benzene rings is 2. The number of nitrogens with one attached hydrogen (secondary N) is 1. The molecule has 0 heterocycles. The molecule has 0 bridgehead atoms. The lowest BCUT2D eigenvalue weighted by atomic mass is 9.92.